The van der Waals surface area contributed by atoms with Crippen LogP contribution in [0.1, 0.15) is 31.4 Å². The molecule has 0 radical (unpaired) electrons. The van der Waals surface area contributed by atoms with Crippen LogP contribution in [0.5, 0.6) is 0 Å². The first kappa shape index (κ1) is 34.0. The van der Waals surface area contributed by atoms with Crippen molar-refractivity contribution in [3.8, 4) is 0 Å². The van der Waals surface area contributed by atoms with Crippen LogP contribution in [0.3, 0.4) is 0 Å². The number of carbonyl (C=O) groups excluding carboxylic acids is 2. The zero-order valence-corrected chi connectivity index (χ0v) is 27.2. The van der Waals surface area contributed by atoms with Gasteiger partial charge in [0.1, 0.15) is 18.4 Å². The first-order valence-electron chi connectivity index (χ1n) is 14.4. The minimum atomic E-state index is -4.33. The molecular formula is C34H34Cl2FN3O4S. The second-order valence-electron chi connectivity index (χ2n) is 10.6. The van der Waals surface area contributed by atoms with Crippen molar-refractivity contribution in [3.63, 3.8) is 0 Å². The van der Waals surface area contributed by atoms with Gasteiger partial charge in [-0.05, 0) is 73.0 Å². The van der Waals surface area contributed by atoms with E-state index in [1.165, 1.54) is 4.90 Å². The van der Waals surface area contributed by atoms with Crippen LogP contribution in [-0.2, 0) is 32.6 Å². The fourth-order valence-electron chi connectivity index (χ4n) is 4.69. The van der Waals surface area contributed by atoms with E-state index in [1.54, 1.807) is 48.5 Å². The normalized spacial score (nSPS) is 12.6. The summed E-state index contributed by atoms with van der Waals surface area (Å²) >= 11 is 12.5. The number of hydrogen-bond donors (Lipinski definition) is 1. The summed E-state index contributed by atoms with van der Waals surface area (Å²) in [6, 6.07) is 25.5. The van der Waals surface area contributed by atoms with Crippen molar-refractivity contribution in [2.75, 3.05) is 10.8 Å². The van der Waals surface area contributed by atoms with Crippen molar-refractivity contribution in [3.05, 3.63) is 130 Å². The third-order valence-corrected chi connectivity index (χ3v) is 9.86. The Hall–Kier alpha value is -3.92. The van der Waals surface area contributed by atoms with Gasteiger partial charge in [0.25, 0.3) is 10.0 Å². The Morgan fingerprint density at radius 1 is 0.844 bits per heavy atom. The molecule has 0 fully saturated rings. The monoisotopic (exact) mass is 669 g/mol. The molecule has 236 valence electrons. The second kappa shape index (κ2) is 15.4. The molecule has 0 saturated heterocycles. The number of hydrogen-bond acceptors (Lipinski definition) is 4. The van der Waals surface area contributed by atoms with Crippen molar-refractivity contribution in [1.29, 1.82) is 0 Å². The predicted molar refractivity (Wildman–Crippen MR) is 176 cm³/mol. The zero-order chi connectivity index (χ0) is 32.6. The predicted octanol–water partition coefficient (Wildman–Crippen LogP) is 6.88. The maximum Gasteiger partial charge on any atom is 0.264 e. The van der Waals surface area contributed by atoms with Gasteiger partial charge in [0.15, 0.2) is 0 Å². The minimum Gasteiger partial charge on any atom is -0.352 e. The van der Waals surface area contributed by atoms with Crippen LogP contribution in [0.15, 0.2) is 108 Å². The zero-order valence-electron chi connectivity index (χ0n) is 24.9. The highest BCUT2D eigenvalue weighted by atomic mass is 35.5. The summed E-state index contributed by atoms with van der Waals surface area (Å²) in [6.07, 6.45) is 0.842. The summed E-state index contributed by atoms with van der Waals surface area (Å²) in [5.74, 6) is -1.61. The summed E-state index contributed by atoms with van der Waals surface area (Å²) < 4.78 is 42.6. The van der Waals surface area contributed by atoms with Gasteiger partial charge in [0.2, 0.25) is 11.8 Å². The molecule has 4 rings (SSSR count). The first-order chi connectivity index (χ1) is 21.5. The molecule has 0 saturated carbocycles. The van der Waals surface area contributed by atoms with Crippen molar-refractivity contribution < 1.29 is 22.4 Å². The van der Waals surface area contributed by atoms with E-state index < -0.39 is 34.3 Å². The van der Waals surface area contributed by atoms with Crippen LogP contribution in [0, 0.1) is 5.82 Å². The largest absolute Gasteiger partial charge is 0.352 e. The molecule has 0 aliphatic carbocycles. The molecule has 2 atom stereocenters. The van der Waals surface area contributed by atoms with Gasteiger partial charge in [-0.15, -0.1) is 0 Å². The van der Waals surface area contributed by atoms with Gasteiger partial charge in [-0.3, -0.25) is 13.9 Å². The van der Waals surface area contributed by atoms with Gasteiger partial charge < -0.3 is 10.2 Å². The standard InChI is InChI=1S/C34H34Cl2FN3O4S/c1-3-24(2)38-34(42)32(21-25-10-6-4-7-11-25)39(22-26-14-19-30(35)31(36)20-26)33(41)23-40(28-12-8-5-9-13-28)45(43,44)29-17-15-27(37)16-18-29/h4-20,24,32H,3,21-23H2,1-2H3,(H,38,42)/t24-,32+/m0/s1. The Balaban J connectivity index is 1.80. The van der Waals surface area contributed by atoms with Crippen LogP contribution < -0.4 is 9.62 Å². The number of amides is 2. The van der Waals surface area contributed by atoms with E-state index >= 15 is 0 Å². The Kier molecular flexibility index (Phi) is 11.6. The van der Waals surface area contributed by atoms with Gasteiger partial charge in [0, 0.05) is 19.0 Å². The number of rotatable bonds is 13. The van der Waals surface area contributed by atoms with E-state index in [9.17, 15) is 22.4 Å². The number of nitrogens with zero attached hydrogens (tertiary/aromatic N) is 2. The van der Waals surface area contributed by atoms with Crippen LogP contribution in [-0.4, -0.2) is 43.8 Å². The minimum absolute atomic E-state index is 0.0552. The lowest BCUT2D eigenvalue weighted by Crippen LogP contribution is -2.54. The van der Waals surface area contributed by atoms with E-state index in [4.69, 9.17) is 23.2 Å². The maximum absolute atomic E-state index is 14.4. The smallest absolute Gasteiger partial charge is 0.264 e. The van der Waals surface area contributed by atoms with Gasteiger partial charge in [0.05, 0.1) is 20.6 Å². The van der Waals surface area contributed by atoms with E-state index in [1.807, 2.05) is 44.2 Å². The van der Waals surface area contributed by atoms with E-state index in [0.717, 1.165) is 34.1 Å². The third kappa shape index (κ3) is 8.84. The number of carbonyl (C=O) groups is 2. The molecule has 0 aromatic heterocycles. The fraction of sp³-hybridized carbons (Fsp3) is 0.235. The van der Waals surface area contributed by atoms with Gasteiger partial charge in [-0.1, -0.05) is 84.7 Å². The summed E-state index contributed by atoms with van der Waals surface area (Å²) in [5.41, 5.74) is 1.64. The van der Waals surface area contributed by atoms with Crippen molar-refractivity contribution >= 4 is 50.7 Å². The lowest BCUT2D eigenvalue weighted by atomic mass is 10.0. The van der Waals surface area contributed by atoms with Crippen LogP contribution in [0.2, 0.25) is 10.0 Å². The molecule has 0 bridgehead atoms. The summed E-state index contributed by atoms with van der Waals surface area (Å²) in [4.78, 5) is 29.5. The number of para-hydroxylation sites is 1. The molecule has 4 aromatic carbocycles. The van der Waals surface area contributed by atoms with Crippen LogP contribution in [0.25, 0.3) is 0 Å². The summed E-state index contributed by atoms with van der Waals surface area (Å²) in [6.45, 7) is 3.12. The van der Waals surface area contributed by atoms with Gasteiger partial charge in [-0.25, -0.2) is 12.8 Å². The molecule has 0 aliphatic rings. The quantitative estimate of drug-likeness (QED) is 0.168. The molecule has 0 heterocycles. The molecule has 0 unspecified atom stereocenters. The third-order valence-electron chi connectivity index (χ3n) is 7.33. The molecule has 2 amide bonds. The van der Waals surface area contributed by atoms with E-state index in [2.05, 4.69) is 5.32 Å². The highest BCUT2D eigenvalue weighted by Crippen LogP contribution is 2.27. The molecule has 45 heavy (non-hydrogen) atoms. The molecule has 4 aromatic rings. The number of sulfonamides is 1. The highest BCUT2D eigenvalue weighted by molar-refractivity contribution is 7.92. The second-order valence-corrected chi connectivity index (χ2v) is 13.3. The van der Waals surface area contributed by atoms with Crippen molar-refractivity contribution in [2.24, 2.45) is 0 Å². The lowest BCUT2D eigenvalue weighted by Gasteiger charge is -2.34. The fourth-order valence-corrected chi connectivity index (χ4v) is 6.42. The number of halogens is 3. The van der Waals surface area contributed by atoms with Crippen molar-refractivity contribution in [1.82, 2.24) is 10.2 Å². The molecule has 11 heteroatoms. The highest BCUT2D eigenvalue weighted by Gasteiger charge is 2.35. The topological polar surface area (TPSA) is 86.8 Å². The number of anilines is 1. The lowest BCUT2D eigenvalue weighted by molar-refractivity contribution is -0.140. The van der Waals surface area contributed by atoms with Crippen LogP contribution >= 0.6 is 23.2 Å². The van der Waals surface area contributed by atoms with E-state index in [-0.39, 0.29) is 40.5 Å². The molecule has 0 spiro atoms. The molecule has 7 nitrogen and oxygen atoms in total. The molecule has 1 N–H and O–H groups in total. The maximum atomic E-state index is 14.4. The van der Waals surface area contributed by atoms with Crippen LogP contribution in [0.4, 0.5) is 10.1 Å². The van der Waals surface area contributed by atoms with Gasteiger partial charge in [-0.2, -0.15) is 0 Å². The Morgan fingerprint density at radius 2 is 1.47 bits per heavy atom. The molecular weight excluding hydrogens is 636 g/mol. The summed E-state index contributed by atoms with van der Waals surface area (Å²) in [5, 5.41) is 3.59. The number of benzene rings is 4. The Labute approximate surface area is 273 Å². The summed E-state index contributed by atoms with van der Waals surface area (Å²) in [7, 11) is -4.33. The average Bonchev–Trinajstić information content (AvgIpc) is 3.04. The van der Waals surface area contributed by atoms with E-state index in [0.29, 0.717) is 17.0 Å². The Morgan fingerprint density at radius 3 is 2.07 bits per heavy atom. The number of nitrogens with one attached hydrogen (secondary N) is 1. The van der Waals surface area contributed by atoms with Gasteiger partial charge >= 0.3 is 0 Å². The SMILES string of the molecule is CC[C@H](C)NC(=O)[C@@H](Cc1ccccc1)N(Cc1ccc(Cl)c(Cl)c1)C(=O)CN(c1ccccc1)S(=O)(=O)c1ccc(F)cc1. The molecule has 0 aliphatic heterocycles. The average molecular weight is 671 g/mol. The first-order valence-corrected chi connectivity index (χ1v) is 16.6. The van der Waals surface area contributed by atoms with Crippen molar-refractivity contribution in [2.45, 2.75) is 50.2 Å². The Bertz CT molecular complexity index is 1710.